The predicted molar refractivity (Wildman–Crippen MR) is 69.5 cm³/mol. The molecular weight excluding hydrogens is 240 g/mol. The first-order valence-electron chi connectivity index (χ1n) is 5.89. The molecule has 98 valence electrons. The number of hydrogen-bond acceptors (Lipinski definition) is 2. The zero-order valence-corrected chi connectivity index (χ0v) is 11.1. The fourth-order valence-corrected chi connectivity index (χ4v) is 1.73. The maximum Gasteiger partial charge on any atom is 0.303 e. The second-order valence-electron chi connectivity index (χ2n) is 4.08. The zero-order chi connectivity index (χ0) is 11.8. The predicted octanol–water partition coefficient (Wildman–Crippen LogP) is 3.04. The van der Waals surface area contributed by atoms with Crippen LogP contribution in [0.3, 0.4) is 0 Å². The Morgan fingerprint density at radius 3 is 2.53 bits per heavy atom. The molecule has 0 saturated carbocycles. The van der Waals surface area contributed by atoms with Crippen LogP contribution in [0.4, 0.5) is 0 Å². The van der Waals surface area contributed by atoms with Gasteiger partial charge in [-0.2, -0.15) is 0 Å². The molecule has 0 amide bonds. The number of aromatic nitrogens is 2. The van der Waals surface area contributed by atoms with Crippen molar-refractivity contribution >= 4 is 18.4 Å². The van der Waals surface area contributed by atoms with Crippen molar-refractivity contribution in [2.45, 2.75) is 52.0 Å². The van der Waals surface area contributed by atoms with E-state index >= 15 is 0 Å². The van der Waals surface area contributed by atoms with Gasteiger partial charge in [-0.05, 0) is 19.8 Å². The van der Waals surface area contributed by atoms with E-state index in [9.17, 15) is 4.79 Å². The molecule has 0 aliphatic rings. The van der Waals surface area contributed by atoms with Crippen molar-refractivity contribution in [1.29, 1.82) is 0 Å². The molecule has 1 aromatic heterocycles. The number of aliphatic carboxylic acids is 1. The summed E-state index contributed by atoms with van der Waals surface area (Å²) in [4.78, 5) is 14.4. The topological polar surface area (TPSA) is 55.1 Å². The first-order valence-corrected chi connectivity index (χ1v) is 5.89. The molecule has 0 aliphatic carbocycles. The summed E-state index contributed by atoms with van der Waals surface area (Å²) >= 11 is 0. The van der Waals surface area contributed by atoms with Crippen molar-refractivity contribution in [2.24, 2.45) is 0 Å². The average Bonchev–Trinajstić information content (AvgIpc) is 2.62. The van der Waals surface area contributed by atoms with E-state index in [1.807, 2.05) is 19.3 Å². The van der Waals surface area contributed by atoms with Crippen molar-refractivity contribution in [3.05, 3.63) is 18.2 Å². The van der Waals surface area contributed by atoms with Crippen LogP contribution in [-0.4, -0.2) is 20.6 Å². The van der Waals surface area contributed by atoms with Crippen molar-refractivity contribution < 1.29 is 9.90 Å². The third-order valence-corrected chi connectivity index (χ3v) is 2.71. The van der Waals surface area contributed by atoms with Gasteiger partial charge in [-0.3, -0.25) is 4.79 Å². The zero-order valence-electron chi connectivity index (χ0n) is 10.3. The summed E-state index contributed by atoms with van der Waals surface area (Å²) in [5.41, 5.74) is 0. The minimum Gasteiger partial charge on any atom is -0.481 e. The summed E-state index contributed by atoms with van der Waals surface area (Å²) in [5.74, 6) is 0.375. The lowest BCUT2D eigenvalue weighted by Crippen LogP contribution is -1.99. The number of carboxylic acids is 1. The number of carbonyl (C=O) groups is 1. The van der Waals surface area contributed by atoms with Crippen LogP contribution in [0.2, 0.25) is 0 Å². The maximum atomic E-state index is 10.3. The summed E-state index contributed by atoms with van der Waals surface area (Å²) in [5, 5.41) is 8.46. The quantitative estimate of drug-likeness (QED) is 0.731. The standard InChI is InChI=1S/C12H20N2O2.ClH/c1-11-13-8-10-14(11)9-6-4-2-3-5-7-12(15)16;/h8,10H,2-7,9H2,1H3,(H,15,16);1H. The Labute approximate surface area is 108 Å². The molecule has 0 fully saturated rings. The Morgan fingerprint density at radius 2 is 1.94 bits per heavy atom. The van der Waals surface area contributed by atoms with E-state index in [1.54, 1.807) is 0 Å². The number of unbranched alkanes of at least 4 members (excludes halogenated alkanes) is 4. The number of carboxylic acid groups (broad SMARTS) is 1. The first-order chi connectivity index (χ1) is 7.70. The number of halogens is 1. The lowest BCUT2D eigenvalue weighted by atomic mass is 10.1. The fraction of sp³-hybridized carbons (Fsp3) is 0.667. The number of imidazole rings is 1. The first kappa shape index (κ1) is 16.0. The van der Waals surface area contributed by atoms with Crippen molar-refractivity contribution in [1.82, 2.24) is 9.55 Å². The molecule has 5 heteroatoms. The van der Waals surface area contributed by atoms with Crippen molar-refractivity contribution in [3.63, 3.8) is 0 Å². The minimum absolute atomic E-state index is 0. The molecule has 1 rings (SSSR count). The molecule has 4 nitrogen and oxygen atoms in total. The van der Waals surface area contributed by atoms with Gasteiger partial charge in [-0.1, -0.05) is 19.3 Å². The third-order valence-electron chi connectivity index (χ3n) is 2.71. The van der Waals surface area contributed by atoms with Gasteiger partial charge < -0.3 is 9.67 Å². The number of rotatable bonds is 8. The molecule has 0 atom stereocenters. The molecule has 0 aliphatic heterocycles. The van der Waals surface area contributed by atoms with Gasteiger partial charge in [-0.15, -0.1) is 12.4 Å². The summed E-state index contributed by atoms with van der Waals surface area (Å²) in [7, 11) is 0. The monoisotopic (exact) mass is 260 g/mol. The van der Waals surface area contributed by atoms with E-state index < -0.39 is 5.97 Å². The molecule has 17 heavy (non-hydrogen) atoms. The summed E-state index contributed by atoms with van der Waals surface area (Å²) in [6.45, 7) is 3.03. The van der Waals surface area contributed by atoms with Crippen LogP contribution < -0.4 is 0 Å². The Morgan fingerprint density at radius 1 is 1.29 bits per heavy atom. The molecule has 0 saturated heterocycles. The Hall–Kier alpha value is -1.03. The molecule has 1 aromatic rings. The normalized spacial score (nSPS) is 9.94. The summed E-state index contributed by atoms with van der Waals surface area (Å²) in [6.07, 6.45) is 9.39. The number of nitrogens with zero attached hydrogens (tertiary/aromatic N) is 2. The molecule has 0 bridgehead atoms. The van der Waals surface area contributed by atoms with E-state index in [0.29, 0.717) is 6.42 Å². The Bertz CT molecular complexity index is 326. The molecule has 1 heterocycles. The molecule has 0 aromatic carbocycles. The van der Waals surface area contributed by atoms with Gasteiger partial charge in [0.2, 0.25) is 0 Å². The summed E-state index contributed by atoms with van der Waals surface area (Å²) in [6, 6.07) is 0. The second-order valence-corrected chi connectivity index (χ2v) is 4.08. The molecular formula is C12H21ClN2O2. The third kappa shape index (κ3) is 7.00. The number of aryl methyl sites for hydroxylation is 2. The molecule has 0 unspecified atom stereocenters. The van der Waals surface area contributed by atoms with Crippen molar-refractivity contribution in [3.8, 4) is 0 Å². The largest absolute Gasteiger partial charge is 0.481 e. The summed E-state index contributed by atoms with van der Waals surface area (Å²) < 4.78 is 2.15. The van der Waals surface area contributed by atoms with Crippen LogP contribution in [0.15, 0.2) is 12.4 Å². The van der Waals surface area contributed by atoms with Crippen LogP contribution in [0, 0.1) is 6.92 Å². The van der Waals surface area contributed by atoms with Gasteiger partial charge in [0.1, 0.15) is 5.82 Å². The average molecular weight is 261 g/mol. The second kappa shape index (κ2) is 9.05. The fourth-order valence-electron chi connectivity index (χ4n) is 1.73. The van der Waals surface area contributed by atoms with Crippen molar-refractivity contribution in [2.75, 3.05) is 0 Å². The SMILES string of the molecule is Cc1nccn1CCCCCCCC(=O)O.Cl. The van der Waals surface area contributed by atoms with Crippen LogP contribution in [0.1, 0.15) is 44.3 Å². The Balaban J connectivity index is 0.00000256. The van der Waals surface area contributed by atoms with Gasteiger partial charge in [0.25, 0.3) is 0 Å². The van der Waals surface area contributed by atoms with Gasteiger partial charge in [0, 0.05) is 25.4 Å². The van der Waals surface area contributed by atoms with E-state index in [0.717, 1.165) is 44.5 Å². The highest BCUT2D eigenvalue weighted by atomic mass is 35.5. The molecule has 0 spiro atoms. The van der Waals surface area contributed by atoms with E-state index in [-0.39, 0.29) is 12.4 Å². The van der Waals surface area contributed by atoms with Crippen LogP contribution in [0.25, 0.3) is 0 Å². The van der Waals surface area contributed by atoms with E-state index in [4.69, 9.17) is 5.11 Å². The van der Waals surface area contributed by atoms with Crippen LogP contribution >= 0.6 is 12.4 Å². The number of hydrogen-bond donors (Lipinski definition) is 1. The van der Waals surface area contributed by atoms with Gasteiger partial charge in [-0.25, -0.2) is 4.98 Å². The van der Waals surface area contributed by atoms with Gasteiger partial charge >= 0.3 is 5.97 Å². The van der Waals surface area contributed by atoms with E-state index in [2.05, 4.69) is 9.55 Å². The van der Waals surface area contributed by atoms with Crippen LogP contribution in [-0.2, 0) is 11.3 Å². The van der Waals surface area contributed by atoms with Crippen LogP contribution in [0.5, 0.6) is 0 Å². The lowest BCUT2D eigenvalue weighted by molar-refractivity contribution is -0.137. The highest BCUT2D eigenvalue weighted by Gasteiger charge is 1.98. The van der Waals surface area contributed by atoms with E-state index in [1.165, 1.54) is 0 Å². The Kier molecular flexibility index (Phi) is 8.50. The minimum atomic E-state index is -0.686. The molecule has 0 radical (unpaired) electrons. The van der Waals surface area contributed by atoms with Gasteiger partial charge in [0.15, 0.2) is 0 Å². The smallest absolute Gasteiger partial charge is 0.303 e. The molecule has 1 N–H and O–H groups in total. The highest BCUT2D eigenvalue weighted by Crippen LogP contribution is 2.07. The maximum absolute atomic E-state index is 10.3. The van der Waals surface area contributed by atoms with Gasteiger partial charge in [0.05, 0.1) is 0 Å². The lowest BCUT2D eigenvalue weighted by Gasteiger charge is -2.04. The highest BCUT2D eigenvalue weighted by molar-refractivity contribution is 5.85.